The quantitative estimate of drug-likeness (QED) is 0.378. The van der Waals surface area contributed by atoms with Crippen LogP contribution in [0.2, 0.25) is 0 Å². The van der Waals surface area contributed by atoms with Crippen molar-refractivity contribution < 1.29 is 5.21 Å². The Labute approximate surface area is 119 Å². The highest BCUT2D eigenvalue weighted by Gasteiger charge is 2.28. The van der Waals surface area contributed by atoms with Gasteiger partial charge in [0.05, 0.1) is 11.3 Å². The molecular weight excluding hydrogens is 254 g/mol. The summed E-state index contributed by atoms with van der Waals surface area (Å²) in [5.41, 5.74) is 8.61. The first-order valence-corrected chi connectivity index (χ1v) is 7.26. The summed E-state index contributed by atoms with van der Waals surface area (Å²) < 4.78 is 0. The highest BCUT2D eigenvalue weighted by molar-refractivity contribution is 6.03. The molecule has 6 heteroatoms. The second-order valence-electron chi connectivity index (χ2n) is 5.20. The number of nitrogens with zero attached hydrogens (tertiary/aromatic N) is 4. The van der Waals surface area contributed by atoms with Crippen molar-refractivity contribution in [2.45, 2.75) is 52.5 Å². The summed E-state index contributed by atoms with van der Waals surface area (Å²) >= 11 is 0. The van der Waals surface area contributed by atoms with Gasteiger partial charge in [-0.3, -0.25) is 0 Å². The average Bonchev–Trinajstić information content (AvgIpc) is 2.90. The molecule has 0 aromatic carbocycles. The van der Waals surface area contributed by atoms with Crippen LogP contribution in [-0.4, -0.2) is 33.8 Å². The van der Waals surface area contributed by atoms with Crippen LogP contribution in [0.5, 0.6) is 0 Å². The summed E-state index contributed by atoms with van der Waals surface area (Å²) in [6, 6.07) is 0.409. The summed E-state index contributed by atoms with van der Waals surface area (Å²) in [5, 5.41) is 21.0. The molecule has 2 heterocycles. The number of amidine groups is 1. The Morgan fingerprint density at radius 1 is 1.40 bits per heavy atom. The van der Waals surface area contributed by atoms with E-state index >= 15 is 0 Å². The third-order valence-electron chi connectivity index (χ3n) is 4.02. The van der Waals surface area contributed by atoms with Crippen molar-refractivity contribution in [3.05, 3.63) is 16.8 Å². The van der Waals surface area contributed by atoms with Crippen molar-refractivity contribution >= 4 is 11.7 Å². The summed E-state index contributed by atoms with van der Waals surface area (Å²) in [5.74, 6) is 0.875. The monoisotopic (exact) mass is 277 g/mol. The van der Waals surface area contributed by atoms with Crippen LogP contribution < -0.4 is 10.6 Å². The molecule has 1 atom stereocenters. The highest BCUT2D eigenvalue weighted by atomic mass is 16.4. The maximum absolute atomic E-state index is 9.10. The Hall–Kier alpha value is -1.85. The smallest absolute Gasteiger partial charge is 0.174 e. The molecule has 6 nitrogen and oxygen atoms in total. The first-order chi connectivity index (χ1) is 9.63. The lowest BCUT2D eigenvalue weighted by Crippen LogP contribution is -2.32. The summed E-state index contributed by atoms with van der Waals surface area (Å²) in [6.07, 6.45) is 3.85. The zero-order chi connectivity index (χ0) is 14.7. The SMILES string of the molecule is CCc1nnc(N2CCCC2C)c(C(N)=NO)c1CC. The molecule has 0 radical (unpaired) electrons. The minimum absolute atomic E-state index is 0.126. The number of anilines is 1. The number of aryl methyl sites for hydroxylation is 1. The van der Waals surface area contributed by atoms with Gasteiger partial charge in [-0.1, -0.05) is 19.0 Å². The molecule has 1 aliphatic rings. The molecule has 3 N–H and O–H groups in total. The predicted molar refractivity (Wildman–Crippen MR) is 79.3 cm³/mol. The van der Waals surface area contributed by atoms with E-state index in [1.54, 1.807) is 0 Å². The molecule has 1 fully saturated rings. The van der Waals surface area contributed by atoms with Crippen LogP contribution >= 0.6 is 0 Å². The molecule has 1 unspecified atom stereocenters. The number of hydrogen-bond donors (Lipinski definition) is 2. The Morgan fingerprint density at radius 3 is 2.65 bits per heavy atom. The fraction of sp³-hybridized carbons (Fsp3) is 0.643. The van der Waals surface area contributed by atoms with Crippen LogP contribution in [0.4, 0.5) is 5.82 Å². The third kappa shape index (κ3) is 2.42. The van der Waals surface area contributed by atoms with E-state index < -0.39 is 0 Å². The van der Waals surface area contributed by atoms with Gasteiger partial charge in [-0.2, -0.15) is 5.10 Å². The van der Waals surface area contributed by atoms with E-state index in [1.165, 1.54) is 0 Å². The van der Waals surface area contributed by atoms with E-state index in [0.29, 0.717) is 6.04 Å². The molecule has 1 aromatic rings. The van der Waals surface area contributed by atoms with E-state index in [9.17, 15) is 0 Å². The van der Waals surface area contributed by atoms with E-state index in [2.05, 4.69) is 34.1 Å². The molecule has 2 rings (SSSR count). The summed E-state index contributed by atoms with van der Waals surface area (Å²) in [6.45, 7) is 7.21. The highest BCUT2D eigenvalue weighted by Crippen LogP contribution is 2.29. The molecule has 20 heavy (non-hydrogen) atoms. The average molecular weight is 277 g/mol. The van der Waals surface area contributed by atoms with Crippen molar-refractivity contribution in [1.82, 2.24) is 10.2 Å². The van der Waals surface area contributed by atoms with Crippen LogP contribution in [0.1, 0.15) is 50.4 Å². The van der Waals surface area contributed by atoms with E-state index in [1.807, 2.05) is 6.92 Å². The van der Waals surface area contributed by atoms with Crippen molar-refractivity contribution in [2.24, 2.45) is 10.9 Å². The van der Waals surface area contributed by atoms with Crippen molar-refractivity contribution in [3.63, 3.8) is 0 Å². The maximum atomic E-state index is 9.10. The molecule has 0 aliphatic carbocycles. The topological polar surface area (TPSA) is 87.6 Å². The standard InChI is InChI=1S/C14H23N5O/c1-4-10-11(5-2)16-17-14(12(10)13(15)18-20)19-8-6-7-9(19)3/h9,20H,4-8H2,1-3H3,(H2,15,18). The van der Waals surface area contributed by atoms with Crippen LogP contribution in [0.25, 0.3) is 0 Å². The van der Waals surface area contributed by atoms with Gasteiger partial charge in [-0.05, 0) is 38.2 Å². The predicted octanol–water partition coefficient (Wildman–Crippen LogP) is 1.68. The Kier molecular flexibility index (Phi) is 4.42. The molecule has 110 valence electrons. The normalized spacial score (nSPS) is 19.6. The van der Waals surface area contributed by atoms with Crippen LogP contribution in [0, 0.1) is 0 Å². The molecule has 1 saturated heterocycles. The van der Waals surface area contributed by atoms with Crippen LogP contribution in [-0.2, 0) is 12.8 Å². The molecule has 1 aromatic heterocycles. The van der Waals surface area contributed by atoms with Crippen molar-refractivity contribution in [3.8, 4) is 0 Å². The number of nitrogens with two attached hydrogens (primary N) is 1. The van der Waals surface area contributed by atoms with Gasteiger partial charge in [-0.25, -0.2) is 0 Å². The second kappa shape index (κ2) is 6.07. The van der Waals surface area contributed by atoms with Gasteiger partial charge in [-0.15, -0.1) is 5.10 Å². The Balaban J connectivity index is 2.61. The van der Waals surface area contributed by atoms with Crippen molar-refractivity contribution in [1.29, 1.82) is 0 Å². The summed E-state index contributed by atoms with van der Waals surface area (Å²) in [4.78, 5) is 2.21. The van der Waals surface area contributed by atoms with Crippen molar-refractivity contribution in [2.75, 3.05) is 11.4 Å². The molecule has 0 spiro atoms. The number of rotatable bonds is 4. The molecule has 0 bridgehead atoms. The van der Waals surface area contributed by atoms with Gasteiger partial charge < -0.3 is 15.8 Å². The third-order valence-corrected chi connectivity index (χ3v) is 4.02. The number of oxime groups is 1. The zero-order valence-electron chi connectivity index (χ0n) is 12.4. The Bertz CT molecular complexity index is 515. The van der Waals surface area contributed by atoms with Gasteiger partial charge in [0.1, 0.15) is 0 Å². The Morgan fingerprint density at radius 2 is 2.15 bits per heavy atom. The van der Waals surface area contributed by atoms with E-state index in [0.717, 1.165) is 54.9 Å². The fourth-order valence-electron chi connectivity index (χ4n) is 2.93. The van der Waals surface area contributed by atoms with E-state index in [-0.39, 0.29) is 5.84 Å². The lowest BCUT2D eigenvalue weighted by Gasteiger charge is -2.26. The van der Waals surface area contributed by atoms with Gasteiger partial charge in [0, 0.05) is 12.6 Å². The summed E-state index contributed by atoms with van der Waals surface area (Å²) in [7, 11) is 0. The molecule has 0 saturated carbocycles. The molecule has 1 aliphatic heterocycles. The van der Waals surface area contributed by atoms with Crippen LogP contribution in [0.3, 0.4) is 0 Å². The largest absolute Gasteiger partial charge is 0.409 e. The zero-order valence-corrected chi connectivity index (χ0v) is 12.4. The maximum Gasteiger partial charge on any atom is 0.174 e. The number of aromatic nitrogens is 2. The minimum Gasteiger partial charge on any atom is -0.409 e. The van der Waals surface area contributed by atoms with Gasteiger partial charge in [0.15, 0.2) is 11.7 Å². The van der Waals surface area contributed by atoms with Crippen LogP contribution in [0.15, 0.2) is 5.16 Å². The van der Waals surface area contributed by atoms with E-state index in [4.69, 9.17) is 10.9 Å². The van der Waals surface area contributed by atoms with Gasteiger partial charge in [0.25, 0.3) is 0 Å². The van der Waals surface area contributed by atoms with Gasteiger partial charge >= 0.3 is 0 Å². The first kappa shape index (κ1) is 14.6. The molecule has 0 amide bonds. The lowest BCUT2D eigenvalue weighted by molar-refractivity contribution is 0.318. The van der Waals surface area contributed by atoms with Gasteiger partial charge in [0.2, 0.25) is 0 Å². The number of hydrogen-bond acceptors (Lipinski definition) is 5. The lowest BCUT2D eigenvalue weighted by atomic mass is 10.0. The minimum atomic E-state index is 0.126. The first-order valence-electron chi connectivity index (χ1n) is 7.26. The fourth-order valence-corrected chi connectivity index (χ4v) is 2.93. The second-order valence-corrected chi connectivity index (χ2v) is 5.20. The molecular formula is C14H23N5O.